The fourth-order valence-electron chi connectivity index (χ4n) is 3.32. The van der Waals surface area contributed by atoms with E-state index < -0.39 is 54.0 Å². The first-order chi connectivity index (χ1) is 17.6. The van der Waals surface area contributed by atoms with Gasteiger partial charge in [-0.05, 0) is 44.9 Å². The smallest absolute Gasteiger partial charge is 0.326 e. The van der Waals surface area contributed by atoms with Gasteiger partial charge in [0, 0.05) is 13.1 Å². The third-order valence-electron chi connectivity index (χ3n) is 5.27. The number of amides is 3. The van der Waals surface area contributed by atoms with E-state index in [1.54, 1.807) is 13.8 Å². The number of hydrogen-bond donors (Lipinski definition) is 10. The Balaban J connectivity index is 5.49. The second-order valence-corrected chi connectivity index (χ2v) is 9.32. The molecule has 0 aliphatic rings. The lowest BCUT2D eigenvalue weighted by Crippen LogP contribution is -2.59. The van der Waals surface area contributed by atoms with E-state index in [0.717, 1.165) is 0 Å². The molecule has 218 valence electrons. The molecule has 38 heavy (non-hydrogen) atoms. The Morgan fingerprint density at radius 1 is 0.763 bits per heavy atom. The monoisotopic (exact) mass is 544 g/mol. The van der Waals surface area contributed by atoms with Crippen molar-refractivity contribution in [3.8, 4) is 0 Å². The van der Waals surface area contributed by atoms with E-state index in [2.05, 4.69) is 25.9 Å². The van der Waals surface area contributed by atoms with Gasteiger partial charge in [-0.3, -0.25) is 24.4 Å². The van der Waals surface area contributed by atoms with Gasteiger partial charge in [0.25, 0.3) is 0 Å². The standard InChI is InChI=1S/C22H44N10O6/c1-11(2)10-15(20(37)38)31-19(36)16(12(3)33)32-18(35)14(7-5-9-29-22(26)27)30-17(34)13(23)6-4-8-28-21(24)25/h11-16,33H,4-10,23H2,1-3H3,(H,30,34)(H,31,36)(H,32,35)(H,37,38)(H4,24,25,28)(H4,26,27,29). The van der Waals surface area contributed by atoms with Crippen LogP contribution in [0.2, 0.25) is 0 Å². The van der Waals surface area contributed by atoms with Crippen molar-refractivity contribution < 1.29 is 29.4 Å². The van der Waals surface area contributed by atoms with Crippen molar-refractivity contribution in [1.29, 1.82) is 0 Å². The van der Waals surface area contributed by atoms with Crippen molar-refractivity contribution in [1.82, 2.24) is 16.0 Å². The first-order valence-electron chi connectivity index (χ1n) is 12.3. The Labute approximate surface area is 222 Å². The van der Waals surface area contributed by atoms with Gasteiger partial charge >= 0.3 is 5.97 Å². The Morgan fingerprint density at radius 3 is 1.71 bits per heavy atom. The molecule has 0 aliphatic carbocycles. The van der Waals surface area contributed by atoms with Gasteiger partial charge in [0.1, 0.15) is 18.1 Å². The number of aliphatic hydroxyl groups is 1. The minimum absolute atomic E-state index is 0.0375. The van der Waals surface area contributed by atoms with Crippen LogP contribution in [0, 0.1) is 5.92 Å². The third-order valence-corrected chi connectivity index (χ3v) is 5.27. The lowest BCUT2D eigenvalue weighted by atomic mass is 10.0. The molecule has 3 amide bonds. The molecule has 16 nitrogen and oxygen atoms in total. The first-order valence-corrected chi connectivity index (χ1v) is 12.3. The van der Waals surface area contributed by atoms with Crippen LogP contribution in [0.4, 0.5) is 0 Å². The highest BCUT2D eigenvalue weighted by atomic mass is 16.4. The van der Waals surface area contributed by atoms with Crippen LogP contribution in [0.1, 0.15) is 52.9 Å². The number of nitrogens with one attached hydrogen (secondary N) is 3. The maximum Gasteiger partial charge on any atom is 0.326 e. The van der Waals surface area contributed by atoms with Crippen LogP contribution >= 0.6 is 0 Å². The van der Waals surface area contributed by atoms with Crippen LogP contribution < -0.4 is 44.6 Å². The van der Waals surface area contributed by atoms with E-state index in [1.807, 2.05) is 0 Å². The lowest BCUT2D eigenvalue weighted by molar-refractivity contribution is -0.143. The van der Waals surface area contributed by atoms with E-state index in [0.29, 0.717) is 6.42 Å². The highest BCUT2D eigenvalue weighted by molar-refractivity contribution is 5.94. The SMILES string of the molecule is CC(C)CC(NC(=O)C(NC(=O)C(CCCN=C(N)N)NC(=O)C(N)CCCN=C(N)N)C(C)O)C(=O)O. The van der Waals surface area contributed by atoms with Crippen LogP contribution in [0.3, 0.4) is 0 Å². The van der Waals surface area contributed by atoms with Crippen molar-refractivity contribution >= 4 is 35.6 Å². The molecule has 0 saturated heterocycles. The van der Waals surface area contributed by atoms with E-state index in [1.165, 1.54) is 6.92 Å². The third kappa shape index (κ3) is 14.8. The molecule has 0 bridgehead atoms. The first kappa shape index (κ1) is 34.3. The van der Waals surface area contributed by atoms with Gasteiger partial charge < -0.3 is 54.8 Å². The number of guanidine groups is 2. The van der Waals surface area contributed by atoms with Gasteiger partial charge in [-0.1, -0.05) is 13.8 Å². The molecule has 0 saturated carbocycles. The number of nitrogens with zero attached hydrogens (tertiary/aromatic N) is 2. The normalized spacial score (nSPS) is 14.8. The molecule has 15 N–H and O–H groups in total. The molecule has 0 aliphatic heterocycles. The zero-order chi connectivity index (χ0) is 29.4. The largest absolute Gasteiger partial charge is 0.480 e. The summed E-state index contributed by atoms with van der Waals surface area (Å²) < 4.78 is 0. The number of carbonyl (C=O) groups is 4. The van der Waals surface area contributed by atoms with Gasteiger partial charge in [0.15, 0.2) is 11.9 Å². The maximum absolute atomic E-state index is 13.1. The van der Waals surface area contributed by atoms with Gasteiger partial charge in [0.2, 0.25) is 17.7 Å². The maximum atomic E-state index is 13.1. The van der Waals surface area contributed by atoms with E-state index in [4.69, 9.17) is 28.7 Å². The van der Waals surface area contributed by atoms with Crippen molar-refractivity contribution in [3.63, 3.8) is 0 Å². The minimum Gasteiger partial charge on any atom is -0.480 e. The molecule has 0 fully saturated rings. The average Bonchev–Trinajstić information content (AvgIpc) is 2.80. The van der Waals surface area contributed by atoms with Crippen molar-refractivity contribution in [3.05, 3.63) is 0 Å². The van der Waals surface area contributed by atoms with Crippen LogP contribution in [-0.2, 0) is 19.2 Å². The fraction of sp³-hybridized carbons (Fsp3) is 0.727. The Kier molecular flexibility index (Phi) is 16.0. The van der Waals surface area contributed by atoms with Crippen LogP contribution in [0.5, 0.6) is 0 Å². The van der Waals surface area contributed by atoms with Gasteiger partial charge in [0.05, 0.1) is 12.1 Å². The Morgan fingerprint density at radius 2 is 1.26 bits per heavy atom. The summed E-state index contributed by atoms with van der Waals surface area (Å²) in [6.45, 7) is 5.28. The number of carbonyl (C=O) groups excluding carboxylic acids is 3. The van der Waals surface area contributed by atoms with Crippen molar-refractivity contribution in [2.45, 2.75) is 83.1 Å². The summed E-state index contributed by atoms with van der Waals surface area (Å²) in [6.07, 6.45) is -0.213. The number of aliphatic carboxylic acids is 1. The van der Waals surface area contributed by atoms with Crippen LogP contribution in [0.25, 0.3) is 0 Å². The number of hydrogen-bond acceptors (Lipinski definition) is 8. The number of rotatable bonds is 18. The second-order valence-electron chi connectivity index (χ2n) is 9.32. The summed E-state index contributed by atoms with van der Waals surface area (Å²) in [4.78, 5) is 57.7. The molecule has 0 radical (unpaired) electrons. The highest BCUT2D eigenvalue weighted by Gasteiger charge is 2.32. The van der Waals surface area contributed by atoms with Crippen molar-refractivity contribution in [2.24, 2.45) is 44.6 Å². The zero-order valence-corrected chi connectivity index (χ0v) is 22.2. The molecule has 0 aromatic rings. The van der Waals surface area contributed by atoms with E-state index in [9.17, 15) is 29.4 Å². The topological polar surface area (TPSA) is 300 Å². The molecule has 16 heteroatoms. The molecule has 0 aromatic carbocycles. The predicted molar refractivity (Wildman–Crippen MR) is 142 cm³/mol. The number of carboxylic acid groups (broad SMARTS) is 1. The van der Waals surface area contributed by atoms with E-state index in [-0.39, 0.29) is 56.6 Å². The number of aliphatic hydroxyl groups excluding tert-OH is 1. The predicted octanol–water partition coefficient (Wildman–Crippen LogP) is -3.61. The summed E-state index contributed by atoms with van der Waals surface area (Å²) in [6, 6.07) is -4.82. The molecule has 0 rings (SSSR count). The summed E-state index contributed by atoms with van der Waals surface area (Å²) in [5.41, 5.74) is 27.1. The molecule has 0 heterocycles. The van der Waals surface area contributed by atoms with Crippen LogP contribution in [-0.4, -0.2) is 89.2 Å². The zero-order valence-electron chi connectivity index (χ0n) is 22.2. The quantitative estimate of drug-likeness (QED) is 0.0456. The Hall–Kier alpha value is -3.66. The van der Waals surface area contributed by atoms with Gasteiger partial charge in [-0.2, -0.15) is 0 Å². The summed E-state index contributed by atoms with van der Waals surface area (Å²) >= 11 is 0. The fourth-order valence-corrected chi connectivity index (χ4v) is 3.32. The summed E-state index contributed by atoms with van der Waals surface area (Å²) in [5, 5.41) is 26.8. The lowest BCUT2D eigenvalue weighted by Gasteiger charge is -2.27. The van der Waals surface area contributed by atoms with Crippen molar-refractivity contribution in [2.75, 3.05) is 13.1 Å². The molecule has 5 atom stereocenters. The van der Waals surface area contributed by atoms with Gasteiger partial charge in [-0.15, -0.1) is 0 Å². The average molecular weight is 545 g/mol. The number of carboxylic acids is 1. The van der Waals surface area contributed by atoms with E-state index >= 15 is 0 Å². The highest BCUT2D eigenvalue weighted by Crippen LogP contribution is 2.07. The molecule has 0 aromatic heterocycles. The molecular weight excluding hydrogens is 500 g/mol. The number of nitrogens with two attached hydrogens (primary N) is 5. The summed E-state index contributed by atoms with van der Waals surface area (Å²) in [7, 11) is 0. The van der Waals surface area contributed by atoms with Gasteiger partial charge in [-0.25, -0.2) is 4.79 Å². The second kappa shape index (κ2) is 17.7. The molecule has 0 spiro atoms. The molecule has 5 unspecified atom stereocenters. The Bertz CT molecular complexity index is 840. The number of aliphatic imine (C=N–C) groups is 2. The minimum atomic E-state index is -1.48. The molecular formula is C22H44N10O6. The van der Waals surface area contributed by atoms with Crippen LogP contribution in [0.15, 0.2) is 9.98 Å². The summed E-state index contributed by atoms with van der Waals surface area (Å²) in [5.74, 6) is -3.81.